The van der Waals surface area contributed by atoms with Gasteiger partial charge >= 0.3 is 0 Å². The van der Waals surface area contributed by atoms with Crippen molar-refractivity contribution in [2.24, 2.45) is 5.73 Å². The minimum Gasteiger partial charge on any atom is -0.324 e. The predicted molar refractivity (Wildman–Crippen MR) is 65.8 cm³/mol. The molecular weight excluding hydrogens is 210 g/mol. The minimum atomic E-state index is -0.00361. The van der Waals surface area contributed by atoms with Crippen LogP contribution < -0.4 is 5.73 Å². The van der Waals surface area contributed by atoms with Crippen LogP contribution in [0.4, 0.5) is 0 Å². The smallest absolute Gasteiger partial charge is 0.176 e. The van der Waals surface area contributed by atoms with Crippen LogP contribution >= 0.6 is 12.4 Å². The third kappa shape index (κ3) is 3.65. The Bertz CT molecular complexity index is 342. The number of halogens is 1. The summed E-state index contributed by atoms with van der Waals surface area (Å²) in [6, 6.07) is 7.68. The number of carbonyl (C=O) groups is 1. The summed E-state index contributed by atoms with van der Waals surface area (Å²) in [7, 11) is 0. The van der Waals surface area contributed by atoms with Gasteiger partial charge in [-0.05, 0) is 17.0 Å². The minimum absolute atomic E-state index is 0. The molecule has 0 aliphatic rings. The lowest BCUT2D eigenvalue weighted by molar-refractivity contribution is 0.100. The van der Waals surface area contributed by atoms with E-state index < -0.39 is 0 Å². The first-order valence-electron chi connectivity index (χ1n) is 4.79. The molecule has 0 amide bonds. The normalized spacial score (nSPS) is 10.7. The van der Waals surface area contributed by atoms with E-state index in [-0.39, 0.29) is 30.2 Å². The van der Waals surface area contributed by atoms with E-state index in [2.05, 4.69) is 20.8 Å². The number of Topliss-reactive ketones (excluding diaryl/α,β-unsaturated/α-hetero) is 1. The molecule has 0 radical (unpaired) electrons. The van der Waals surface area contributed by atoms with Crippen molar-refractivity contribution in [1.29, 1.82) is 0 Å². The largest absolute Gasteiger partial charge is 0.324 e. The van der Waals surface area contributed by atoms with Gasteiger partial charge in [0.1, 0.15) is 0 Å². The molecule has 2 nitrogen and oxygen atoms in total. The second-order valence-electron chi connectivity index (χ2n) is 4.46. The standard InChI is InChI=1S/C12H17NO.ClH/c1-12(2,3)10-6-4-5-9(7-10)11(14)8-13;/h4-7H,8,13H2,1-3H3;1H. The summed E-state index contributed by atoms with van der Waals surface area (Å²) in [5.74, 6) is -0.00361. The average Bonchev–Trinajstić information content (AvgIpc) is 2.15. The number of rotatable bonds is 2. The first kappa shape index (κ1) is 14.1. The second kappa shape index (κ2) is 5.29. The van der Waals surface area contributed by atoms with Gasteiger partial charge in [0.2, 0.25) is 0 Å². The molecule has 0 heterocycles. The van der Waals surface area contributed by atoms with E-state index in [4.69, 9.17) is 5.73 Å². The average molecular weight is 228 g/mol. The van der Waals surface area contributed by atoms with Gasteiger partial charge in [-0.1, -0.05) is 39.0 Å². The summed E-state index contributed by atoms with van der Waals surface area (Å²) < 4.78 is 0. The number of carbonyl (C=O) groups excluding carboxylic acids is 1. The van der Waals surface area contributed by atoms with Crippen LogP contribution in [0, 0.1) is 0 Å². The highest BCUT2D eigenvalue weighted by molar-refractivity contribution is 5.97. The lowest BCUT2D eigenvalue weighted by Crippen LogP contribution is -2.16. The molecule has 1 aromatic carbocycles. The van der Waals surface area contributed by atoms with Crippen molar-refractivity contribution in [2.45, 2.75) is 26.2 Å². The molecule has 1 rings (SSSR count). The van der Waals surface area contributed by atoms with Crippen LogP contribution in [0.1, 0.15) is 36.7 Å². The fraction of sp³-hybridized carbons (Fsp3) is 0.417. The van der Waals surface area contributed by atoms with E-state index in [1.54, 1.807) is 0 Å². The zero-order valence-electron chi connectivity index (χ0n) is 9.41. The fourth-order valence-corrected chi connectivity index (χ4v) is 1.28. The predicted octanol–water partition coefficient (Wildman–Crippen LogP) is 2.55. The topological polar surface area (TPSA) is 43.1 Å². The molecule has 0 unspecified atom stereocenters. The van der Waals surface area contributed by atoms with Gasteiger partial charge in [0.15, 0.2) is 5.78 Å². The molecule has 1 aromatic rings. The van der Waals surface area contributed by atoms with Crippen LogP contribution in [0.25, 0.3) is 0 Å². The lowest BCUT2D eigenvalue weighted by atomic mass is 9.86. The summed E-state index contributed by atoms with van der Waals surface area (Å²) in [6.45, 7) is 6.45. The molecule has 0 aliphatic carbocycles. The Balaban J connectivity index is 0.00000196. The summed E-state index contributed by atoms with van der Waals surface area (Å²) in [5, 5.41) is 0. The molecule has 0 aliphatic heterocycles. The highest BCUT2D eigenvalue weighted by atomic mass is 35.5. The Hall–Kier alpha value is -0.860. The van der Waals surface area contributed by atoms with Crippen LogP contribution in [0.5, 0.6) is 0 Å². The number of hydrogen-bond acceptors (Lipinski definition) is 2. The fourth-order valence-electron chi connectivity index (χ4n) is 1.28. The number of benzene rings is 1. The Morgan fingerprint density at radius 1 is 1.33 bits per heavy atom. The van der Waals surface area contributed by atoms with Gasteiger partial charge in [0.25, 0.3) is 0 Å². The lowest BCUT2D eigenvalue weighted by Gasteiger charge is -2.19. The molecule has 0 aromatic heterocycles. The van der Waals surface area contributed by atoms with E-state index in [9.17, 15) is 4.79 Å². The number of hydrogen-bond donors (Lipinski definition) is 1. The van der Waals surface area contributed by atoms with E-state index in [1.165, 1.54) is 0 Å². The van der Waals surface area contributed by atoms with Crippen LogP contribution in [0.2, 0.25) is 0 Å². The van der Waals surface area contributed by atoms with Crippen LogP contribution in [-0.4, -0.2) is 12.3 Å². The monoisotopic (exact) mass is 227 g/mol. The van der Waals surface area contributed by atoms with Gasteiger partial charge in [-0.2, -0.15) is 0 Å². The van der Waals surface area contributed by atoms with Crippen molar-refractivity contribution in [2.75, 3.05) is 6.54 Å². The van der Waals surface area contributed by atoms with E-state index in [1.807, 2.05) is 24.3 Å². The Kier molecular flexibility index (Phi) is 4.98. The SMILES string of the molecule is CC(C)(C)c1cccc(C(=O)CN)c1.Cl. The molecule has 15 heavy (non-hydrogen) atoms. The molecular formula is C12H18ClNO. The van der Waals surface area contributed by atoms with Crippen LogP contribution in [-0.2, 0) is 5.41 Å². The van der Waals surface area contributed by atoms with Gasteiger partial charge in [-0.25, -0.2) is 0 Å². The van der Waals surface area contributed by atoms with Gasteiger partial charge in [-0.3, -0.25) is 4.79 Å². The maximum Gasteiger partial charge on any atom is 0.176 e. The molecule has 0 saturated heterocycles. The Morgan fingerprint density at radius 2 is 1.93 bits per heavy atom. The zero-order valence-corrected chi connectivity index (χ0v) is 10.2. The Morgan fingerprint density at radius 3 is 2.40 bits per heavy atom. The van der Waals surface area contributed by atoms with Crippen molar-refractivity contribution in [3.05, 3.63) is 35.4 Å². The zero-order chi connectivity index (χ0) is 10.8. The number of ketones is 1. The van der Waals surface area contributed by atoms with Crippen molar-refractivity contribution in [3.63, 3.8) is 0 Å². The van der Waals surface area contributed by atoms with E-state index >= 15 is 0 Å². The second-order valence-corrected chi connectivity index (χ2v) is 4.46. The van der Waals surface area contributed by atoms with Gasteiger partial charge in [-0.15, -0.1) is 12.4 Å². The third-order valence-corrected chi connectivity index (χ3v) is 2.24. The highest BCUT2D eigenvalue weighted by Crippen LogP contribution is 2.22. The van der Waals surface area contributed by atoms with Crippen LogP contribution in [0.3, 0.4) is 0 Å². The van der Waals surface area contributed by atoms with Crippen molar-refractivity contribution in [1.82, 2.24) is 0 Å². The highest BCUT2D eigenvalue weighted by Gasteiger charge is 2.14. The first-order chi connectivity index (χ1) is 6.45. The van der Waals surface area contributed by atoms with Gasteiger partial charge in [0, 0.05) is 5.56 Å². The molecule has 84 valence electrons. The molecule has 0 bridgehead atoms. The van der Waals surface area contributed by atoms with E-state index in [0.717, 1.165) is 5.56 Å². The molecule has 3 heteroatoms. The molecule has 0 atom stereocenters. The molecule has 0 saturated carbocycles. The quantitative estimate of drug-likeness (QED) is 0.790. The molecule has 0 spiro atoms. The summed E-state index contributed by atoms with van der Waals surface area (Å²) >= 11 is 0. The van der Waals surface area contributed by atoms with Gasteiger partial charge < -0.3 is 5.73 Å². The molecule has 2 N–H and O–H groups in total. The van der Waals surface area contributed by atoms with Gasteiger partial charge in [0.05, 0.1) is 6.54 Å². The number of nitrogens with two attached hydrogens (primary N) is 1. The van der Waals surface area contributed by atoms with Crippen molar-refractivity contribution < 1.29 is 4.79 Å². The Labute approximate surface area is 97.3 Å². The van der Waals surface area contributed by atoms with E-state index in [0.29, 0.717) is 5.56 Å². The van der Waals surface area contributed by atoms with Crippen molar-refractivity contribution in [3.8, 4) is 0 Å². The summed E-state index contributed by atoms with van der Waals surface area (Å²) in [4.78, 5) is 11.4. The summed E-state index contributed by atoms with van der Waals surface area (Å²) in [5.41, 5.74) is 7.26. The summed E-state index contributed by atoms with van der Waals surface area (Å²) in [6.07, 6.45) is 0. The van der Waals surface area contributed by atoms with Crippen molar-refractivity contribution >= 4 is 18.2 Å². The van der Waals surface area contributed by atoms with Crippen LogP contribution in [0.15, 0.2) is 24.3 Å². The maximum atomic E-state index is 11.4. The molecule has 0 fully saturated rings. The maximum absolute atomic E-state index is 11.4. The third-order valence-electron chi connectivity index (χ3n) is 2.24. The first-order valence-corrected chi connectivity index (χ1v) is 4.79.